The molecule has 0 spiro atoms. The van der Waals surface area contributed by atoms with Gasteiger partial charge in [0.1, 0.15) is 17.8 Å². The van der Waals surface area contributed by atoms with Crippen molar-refractivity contribution in [1.29, 1.82) is 0 Å². The van der Waals surface area contributed by atoms with Gasteiger partial charge in [-0.15, -0.1) is 10.2 Å². The van der Waals surface area contributed by atoms with Gasteiger partial charge in [-0.3, -0.25) is 5.32 Å². The highest BCUT2D eigenvalue weighted by Crippen LogP contribution is 2.37. The highest BCUT2D eigenvalue weighted by atomic mass is 16.6. The molecule has 0 atom stereocenters. The summed E-state index contributed by atoms with van der Waals surface area (Å²) in [5, 5.41) is 11.0. The molecule has 1 fully saturated rings. The quantitative estimate of drug-likeness (QED) is 0.909. The van der Waals surface area contributed by atoms with Crippen LogP contribution < -0.4 is 5.32 Å². The van der Waals surface area contributed by atoms with E-state index in [2.05, 4.69) is 21.6 Å². The first-order valence-electron chi connectivity index (χ1n) is 8.70. The van der Waals surface area contributed by atoms with E-state index in [4.69, 9.17) is 9.47 Å². The second-order valence-electron chi connectivity index (χ2n) is 8.02. The number of carbonyl (C=O) groups excluding carboxylic acids is 1. The van der Waals surface area contributed by atoms with Crippen molar-refractivity contribution in [2.45, 2.75) is 45.1 Å². The average molecular weight is 358 g/mol. The van der Waals surface area contributed by atoms with Crippen LogP contribution in [0, 0.1) is 6.92 Å². The van der Waals surface area contributed by atoms with Crippen LogP contribution in [0.25, 0.3) is 0 Å². The minimum absolute atomic E-state index is 0.156. The zero-order chi connectivity index (χ0) is 18.9. The van der Waals surface area contributed by atoms with Gasteiger partial charge in [-0.05, 0) is 51.0 Å². The number of hydrogen-bond acceptors (Lipinski definition) is 5. The van der Waals surface area contributed by atoms with E-state index >= 15 is 0 Å². The normalized spacial score (nSPS) is 16.0. The summed E-state index contributed by atoms with van der Waals surface area (Å²) in [4.78, 5) is 12.1. The molecule has 1 aromatic heterocycles. The minimum atomic E-state index is -0.537. The fourth-order valence-electron chi connectivity index (χ4n) is 3.07. The molecule has 1 aliphatic heterocycles. The third-order valence-corrected chi connectivity index (χ3v) is 4.39. The van der Waals surface area contributed by atoms with Crippen LogP contribution in [-0.4, -0.2) is 39.7 Å². The Labute approximate surface area is 153 Å². The first-order chi connectivity index (χ1) is 12.2. The molecule has 0 bridgehead atoms. The number of carbonyl (C=O) groups is 1. The number of nitrogens with one attached hydrogen (secondary N) is 1. The first-order valence-corrected chi connectivity index (χ1v) is 8.70. The lowest BCUT2D eigenvalue weighted by Gasteiger charge is -2.42. The monoisotopic (exact) mass is 358 g/mol. The molecule has 0 saturated carbocycles. The lowest BCUT2D eigenvalue weighted by molar-refractivity contribution is -0.0611. The number of aromatic nitrogens is 3. The highest BCUT2D eigenvalue weighted by Gasteiger charge is 2.42. The number of aryl methyl sites for hydroxylation is 2. The summed E-state index contributed by atoms with van der Waals surface area (Å²) in [6.45, 7) is 8.78. The van der Waals surface area contributed by atoms with Crippen LogP contribution in [0.5, 0.6) is 0 Å². The summed E-state index contributed by atoms with van der Waals surface area (Å²) < 4.78 is 12.8. The fourth-order valence-corrected chi connectivity index (χ4v) is 3.07. The van der Waals surface area contributed by atoms with E-state index in [1.54, 1.807) is 6.33 Å². The van der Waals surface area contributed by atoms with E-state index in [1.165, 1.54) is 0 Å². The number of hydrogen-bond donors (Lipinski definition) is 1. The standard InChI is InChI=1S/C19H26N4O3/c1-13-6-14(8-15(7-13)21-17(24)26-18(2,3)4)19(10-25-11-19)9-16-22-20-12-23(16)5/h6-8,12H,9-11H2,1-5H3,(H,21,24). The molecule has 1 aromatic carbocycles. The van der Waals surface area contributed by atoms with Crippen LogP contribution in [0.1, 0.15) is 37.7 Å². The molecule has 26 heavy (non-hydrogen) atoms. The molecule has 0 radical (unpaired) electrons. The van der Waals surface area contributed by atoms with Crippen molar-refractivity contribution in [2.24, 2.45) is 7.05 Å². The van der Waals surface area contributed by atoms with Crippen molar-refractivity contribution >= 4 is 11.8 Å². The molecule has 2 heterocycles. The van der Waals surface area contributed by atoms with Crippen LogP contribution in [-0.2, 0) is 28.4 Å². The molecule has 140 valence electrons. The zero-order valence-electron chi connectivity index (χ0n) is 16.0. The van der Waals surface area contributed by atoms with Crippen LogP contribution in [0.2, 0.25) is 0 Å². The summed E-state index contributed by atoms with van der Waals surface area (Å²) in [6.07, 6.45) is 1.98. The Balaban J connectivity index is 1.84. The largest absolute Gasteiger partial charge is 0.444 e. The Kier molecular flexibility index (Phi) is 4.75. The first kappa shape index (κ1) is 18.4. The molecule has 2 aromatic rings. The maximum atomic E-state index is 12.1. The minimum Gasteiger partial charge on any atom is -0.444 e. The predicted molar refractivity (Wildman–Crippen MR) is 98.2 cm³/mol. The molecule has 7 nitrogen and oxygen atoms in total. The van der Waals surface area contributed by atoms with Gasteiger partial charge in [0.2, 0.25) is 0 Å². The Morgan fingerprint density at radius 3 is 2.62 bits per heavy atom. The molecule has 1 N–H and O–H groups in total. The second kappa shape index (κ2) is 6.72. The van der Waals surface area contributed by atoms with Crippen LogP contribution in [0.4, 0.5) is 10.5 Å². The van der Waals surface area contributed by atoms with Crippen molar-refractivity contribution < 1.29 is 14.3 Å². The summed E-state index contributed by atoms with van der Waals surface area (Å²) in [7, 11) is 1.94. The van der Waals surface area contributed by atoms with Gasteiger partial charge in [-0.1, -0.05) is 6.07 Å². The van der Waals surface area contributed by atoms with Gasteiger partial charge < -0.3 is 14.0 Å². The number of nitrogens with zero attached hydrogens (tertiary/aromatic N) is 3. The third-order valence-electron chi connectivity index (χ3n) is 4.39. The van der Waals surface area contributed by atoms with Crippen LogP contribution >= 0.6 is 0 Å². The Bertz CT molecular complexity index is 803. The Morgan fingerprint density at radius 1 is 1.35 bits per heavy atom. The number of rotatable bonds is 4. The van der Waals surface area contributed by atoms with E-state index in [9.17, 15) is 4.79 Å². The molecular formula is C19H26N4O3. The molecule has 1 amide bonds. The van der Waals surface area contributed by atoms with Crippen molar-refractivity contribution in [3.8, 4) is 0 Å². The lowest BCUT2D eigenvalue weighted by atomic mass is 9.75. The Morgan fingerprint density at radius 2 is 2.08 bits per heavy atom. The van der Waals surface area contributed by atoms with Gasteiger partial charge in [0, 0.05) is 24.6 Å². The summed E-state index contributed by atoms with van der Waals surface area (Å²) in [6, 6.07) is 6.07. The molecule has 3 rings (SSSR count). The number of benzene rings is 1. The topological polar surface area (TPSA) is 78.3 Å². The highest BCUT2D eigenvalue weighted by molar-refractivity contribution is 5.85. The summed E-state index contributed by atoms with van der Waals surface area (Å²) >= 11 is 0. The van der Waals surface area contributed by atoms with E-state index in [0.29, 0.717) is 13.2 Å². The fraction of sp³-hybridized carbons (Fsp3) is 0.526. The summed E-state index contributed by atoms with van der Waals surface area (Å²) in [5.41, 5.74) is 2.22. The number of amides is 1. The van der Waals surface area contributed by atoms with Crippen molar-refractivity contribution in [3.63, 3.8) is 0 Å². The van der Waals surface area contributed by atoms with E-state index in [-0.39, 0.29) is 5.41 Å². The molecule has 7 heteroatoms. The predicted octanol–water partition coefficient (Wildman–Crippen LogP) is 2.98. The van der Waals surface area contributed by atoms with Crippen molar-refractivity contribution in [2.75, 3.05) is 18.5 Å². The molecular weight excluding hydrogens is 332 g/mol. The van der Waals surface area contributed by atoms with Crippen molar-refractivity contribution in [1.82, 2.24) is 14.8 Å². The molecule has 0 aliphatic carbocycles. The third kappa shape index (κ3) is 4.04. The van der Waals surface area contributed by atoms with Gasteiger partial charge in [0.05, 0.1) is 13.2 Å². The van der Waals surface area contributed by atoms with Gasteiger partial charge in [-0.2, -0.15) is 0 Å². The van der Waals surface area contributed by atoms with Crippen molar-refractivity contribution in [3.05, 3.63) is 41.5 Å². The summed E-state index contributed by atoms with van der Waals surface area (Å²) in [5.74, 6) is 0.913. The van der Waals surface area contributed by atoms with Gasteiger partial charge >= 0.3 is 6.09 Å². The van der Waals surface area contributed by atoms with E-state index in [0.717, 1.165) is 29.1 Å². The maximum absolute atomic E-state index is 12.1. The SMILES string of the molecule is Cc1cc(NC(=O)OC(C)(C)C)cc(C2(Cc3nncn3C)COC2)c1. The van der Waals surface area contributed by atoms with E-state index in [1.807, 2.05) is 51.4 Å². The van der Waals surface area contributed by atoms with Crippen LogP contribution in [0.15, 0.2) is 24.5 Å². The Hall–Kier alpha value is -2.41. The van der Waals surface area contributed by atoms with E-state index < -0.39 is 11.7 Å². The smallest absolute Gasteiger partial charge is 0.412 e. The van der Waals surface area contributed by atoms with Crippen LogP contribution in [0.3, 0.4) is 0 Å². The zero-order valence-corrected chi connectivity index (χ0v) is 16.0. The maximum Gasteiger partial charge on any atom is 0.412 e. The number of anilines is 1. The van der Waals surface area contributed by atoms with Gasteiger partial charge in [0.15, 0.2) is 0 Å². The van der Waals surface area contributed by atoms with Gasteiger partial charge in [0.25, 0.3) is 0 Å². The lowest BCUT2D eigenvalue weighted by Crippen LogP contribution is -2.49. The van der Waals surface area contributed by atoms with Gasteiger partial charge in [-0.25, -0.2) is 4.79 Å². The molecule has 1 saturated heterocycles. The molecule has 0 unspecified atom stereocenters. The average Bonchev–Trinajstić information content (AvgIpc) is 2.85. The molecule has 1 aliphatic rings. The second-order valence-corrected chi connectivity index (χ2v) is 8.02. The number of ether oxygens (including phenoxy) is 2.